The highest BCUT2D eigenvalue weighted by molar-refractivity contribution is 7.09. The number of carbonyl (C=O) groups is 3. The van der Waals surface area contributed by atoms with Gasteiger partial charge < -0.3 is 20.8 Å². The van der Waals surface area contributed by atoms with E-state index in [1.807, 2.05) is 67.6 Å². The average molecular weight is 664 g/mol. The van der Waals surface area contributed by atoms with Gasteiger partial charge in [-0.25, -0.2) is 9.78 Å². The maximum absolute atomic E-state index is 13.9. The minimum atomic E-state index is -1.23. The largest absolute Gasteiger partial charge is 0.465 e. The van der Waals surface area contributed by atoms with Crippen molar-refractivity contribution < 1.29 is 24.6 Å². The summed E-state index contributed by atoms with van der Waals surface area (Å²) in [5.41, 5.74) is 3.04. The Bertz CT molecular complexity index is 1800. The van der Waals surface area contributed by atoms with Gasteiger partial charge in [0.2, 0.25) is 0 Å². The fourth-order valence-electron chi connectivity index (χ4n) is 5.48. The van der Waals surface area contributed by atoms with Crippen molar-refractivity contribution >= 4 is 34.9 Å². The first-order valence-electron chi connectivity index (χ1n) is 15.6. The highest BCUT2D eigenvalue weighted by atomic mass is 32.1. The second-order valence-electron chi connectivity index (χ2n) is 11.4. The summed E-state index contributed by atoms with van der Waals surface area (Å²) in [7, 11) is 0. The lowest BCUT2D eigenvalue weighted by molar-refractivity contribution is 0.0753. The van der Waals surface area contributed by atoms with Gasteiger partial charge in [0.1, 0.15) is 5.69 Å². The minimum absolute atomic E-state index is 0.0496. The molecule has 3 aromatic carbocycles. The molecule has 10 nitrogen and oxygen atoms in total. The third kappa shape index (κ3) is 9.34. The van der Waals surface area contributed by atoms with E-state index in [2.05, 4.69) is 20.6 Å². The van der Waals surface area contributed by atoms with Crippen molar-refractivity contribution in [3.05, 3.63) is 148 Å². The molecule has 5 rings (SSSR count). The average Bonchev–Trinajstić information content (AvgIpc) is 3.54. The van der Waals surface area contributed by atoms with E-state index in [1.165, 1.54) is 11.3 Å². The summed E-state index contributed by atoms with van der Waals surface area (Å²) in [6, 6.07) is 29.6. The number of amides is 3. The number of hydrogen-bond donors (Lipinski definition) is 4. The molecule has 3 atom stereocenters. The molecule has 5 aromatic rings. The van der Waals surface area contributed by atoms with Crippen molar-refractivity contribution in [1.82, 2.24) is 20.6 Å². The molecule has 0 radical (unpaired) electrons. The number of carbonyl (C=O) groups excluding carboxylic acids is 2. The van der Waals surface area contributed by atoms with Crippen LogP contribution in [0, 0.1) is 6.92 Å². The Morgan fingerprint density at radius 1 is 0.812 bits per heavy atom. The first kappa shape index (κ1) is 34.0. The van der Waals surface area contributed by atoms with Crippen LogP contribution < -0.4 is 15.5 Å². The molecule has 48 heavy (non-hydrogen) atoms. The summed E-state index contributed by atoms with van der Waals surface area (Å²) in [6.45, 7) is 1.77. The van der Waals surface area contributed by atoms with E-state index in [1.54, 1.807) is 54.0 Å². The number of anilines is 1. The minimum Gasteiger partial charge on any atom is -0.465 e. The highest BCUT2D eigenvalue weighted by Crippen LogP contribution is 2.24. The number of para-hydroxylation sites is 1. The normalized spacial score (nSPS) is 12.8. The molecule has 0 aliphatic carbocycles. The quantitative estimate of drug-likeness (QED) is 0.120. The summed E-state index contributed by atoms with van der Waals surface area (Å²) in [5.74, 6) is -0.883. The van der Waals surface area contributed by atoms with Gasteiger partial charge in [0.25, 0.3) is 11.8 Å². The Hall–Kier alpha value is -5.39. The Morgan fingerprint density at radius 2 is 1.46 bits per heavy atom. The molecule has 246 valence electrons. The molecule has 0 unspecified atom stereocenters. The molecule has 11 heteroatoms. The van der Waals surface area contributed by atoms with E-state index in [-0.39, 0.29) is 29.9 Å². The topological polar surface area (TPSA) is 145 Å². The second-order valence-corrected chi connectivity index (χ2v) is 12.5. The number of hydrogen-bond acceptors (Lipinski definition) is 7. The predicted octanol–water partition coefficient (Wildman–Crippen LogP) is 5.66. The summed E-state index contributed by atoms with van der Waals surface area (Å²) in [4.78, 5) is 49.2. The summed E-state index contributed by atoms with van der Waals surface area (Å²) in [5, 5.41) is 30.3. The number of nitrogens with one attached hydrogen (secondary N) is 2. The van der Waals surface area contributed by atoms with Crippen molar-refractivity contribution in [2.24, 2.45) is 0 Å². The SMILES string of the molecule is Cc1nc(C(=O)N[C@@H](Cc2ccccc2)[C@@H](O)C[C@H](Cc2ccccc2)NC(=O)c2ccccc2N(Cc2ccccn2)C(=O)O)cs1. The zero-order valence-corrected chi connectivity index (χ0v) is 27.2. The van der Waals surface area contributed by atoms with Crippen LogP contribution in [0.3, 0.4) is 0 Å². The van der Waals surface area contributed by atoms with Crippen LogP contribution in [0.15, 0.2) is 115 Å². The van der Waals surface area contributed by atoms with Gasteiger partial charge in [0.15, 0.2) is 0 Å². The number of carboxylic acid groups (broad SMARTS) is 1. The zero-order chi connectivity index (χ0) is 33.9. The molecule has 0 bridgehead atoms. The molecule has 4 N–H and O–H groups in total. The Labute approximate surface area is 283 Å². The first-order valence-corrected chi connectivity index (χ1v) is 16.4. The number of rotatable bonds is 14. The molecular weight excluding hydrogens is 627 g/mol. The second kappa shape index (κ2) is 16.4. The summed E-state index contributed by atoms with van der Waals surface area (Å²) in [6.07, 6.45) is 0.142. The third-order valence-electron chi connectivity index (χ3n) is 7.83. The van der Waals surface area contributed by atoms with Crippen LogP contribution >= 0.6 is 11.3 Å². The Morgan fingerprint density at radius 3 is 2.08 bits per heavy atom. The molecule has 0 aliphatic heterocycles. The van der Waals surface area contributed by atoms with Gasteiger partial charge in [0, 0.05) is 17.6 Å². The molecule has 0 saturated heterocycles. The van der Waals surface area contributed by atoms with Gasteiger partial charge in [0.05, 0.1) is 40.6 Å². The predicted molar refractivity (Wildman–Crippen MR) is 185 cm³/mol. The van der Waals surface area contributed by atoms with Gasteiger partial charge >= 0.3 is 6.09 Å². The van der Waals surface area contributed by atoms with Crippen molar-refractivity contribution in [3.8, 4) is 0 Å². The fourth-order valence-corrected chi connectivity index (χ4v) is 6.08. The maximum atomic E-state index is 13.9. The van der Waals surface area contributed by atoms with Crippen molar-refractivity contribution in [3.63, 3.8) is 0 Å². The first-order chi connectivity index (χ1) is 23.3. The molecule has 0 saturated carbocycles. The standard InChI is InChI=1S/C37H37N5O5S/c1-25-39-32(24-48-25)36(45)41-31(21-27-14-6-3-7-15-27)34(43)22-29(20-26-12-4-2-5-13-26)40-35(44)30-17-8-9-18-33(30)42(37(46)47)23-28-16-10-11-19-38-28/h2-19,24,29,31,34,43H,20-23H2,1H3,(H,40,44)(H,41,45)(H,46,47)/t29-,31-,34-/m0/s1. The van der Waals surface area contributed by atoms with Crippen molar-refractivity contribution in [2.45, 2.75) is 50.9 Å². The van der Waals surface area contributed by atoms with E-state index >= 15 is 0 Å². The van der Waals surface area contributed by atoms with Crippen LogP contribution in [-0.4, -0.2) is 56.3 Å². The lowest BCUT2D eigenvalue weighted by Crippen LogP contribution is -2.48. The van der Waals surface area contributed by atoms with E-state index in [9.17, 15) is 24.6 Å². The van der Waals surface area contributed by atoms with Crippen molar-refractivity contribution in [2.75, 3.05) is 4.90 Å². The van der Waals surface area contributed by atoms with Crippen molar-refractivity contribution in [1.29, 1.82) is 0 Å². The number of aryl methyl sites for hydroxylation is 1. The van der Waals surface area contributed by atoms with Gasteiger partial charge in [-0.15, -0.1) is 11.3 Å². The van der Waals surface area contributed by atoms with Gasteiger partial charge in [-0.2, -0.15) is 0 Å². The van der Waals surface area contributed by atoms with E-state index < -0.39 is 36.1 Å². The van der Waals surface area contributed by atoms with Gasteiger partial charge in [-0.1, -0.05) is 78.9 Å². The number of aliphatic hydroxyl groups excluding tert-OH is 1. The monoisotopic (exact) mass is 663 g/mol. The highest BCUT2D eigenvalue weighted by Gasteiger charge is 2.29. The van der Waals surface area contributed by atoms with Crippen LogP contribution in [0.2, 0.25) is 0 Å². The van der Waals surface area contributed by atoms with Gasteiger partial charge in [-0.3, -0.25) is 19.5 Å². The Kier molecular flexibility index (Phi) is 11.6. The molecular formula is C37H37N5O5S. The molecule has 3 amide bonds. The number of pyridine rings is 1. The van der Waals surface area contributed by atoms with E-state index in [0.29, 0.717) is 18.5 Å². The number of aliphatic hydroxyl groups is 1. The molecule has 2 aromatic heterocycles. The van der Waals surface area contributed by atoms with E-state index in [4.69, 9.17) is 0 Å². The maximum Gasteiger partial charge on any atom is 0.412 e. The van der Waals surface area contributed by atoms with E-state index in [0.717, 1.165) is 21.0 Å². The lowest BCUT2D eigenvalue weighted by Gasteiger charge is -2.29. The zero-order valence-electron chi connectivity index (χ0n) is 26.4. The lowest BCUT2D eigenvalue weighted by atomic mass is 9.93. The van der Waals surface area contributed by atoms with Crippen LogP contribution in [0.5, 0.6) is 0 Å². The number of benzene rings is 3. The van der Waals surface area contributed by atoms with Crippen LogP contribution in [0.25, 0.3) is 0 Å². The fraction of sp³-hybridized carbons (Fsp3) is 0.216. The van der Waals surface area contributed by atoms with Crippen LogP contribution in [0.4, 0.5) is 10.5 Å². The molecule has 0 aliphatic rings. The van der Waals surface area contributed by atoms with Crippen LogP contribution in [-0.2, 0) is 19.4 Å². The third-order valence-corrected chi connectivity index (χ3v) is 8.61. The Balaban J connectivity index is 1.40. The number of aromatic nitrogens is 2. The van der Waals surface area contributed by atoms with Crippen LogP contribution in [0.1, 0.15) is 49.1 Å². The molecule has 0 spiro atoms. The van der Waals surface area contributed by atoms with Gasteiger partial charge in [-0.05, 0) is 61.6 Å². The smallest absolute Gasteiger partial charge is 0.412 e. The number of nitrogens with zero attached hydrogens (tertiary/aromatic N) is 3. The summed E-state index contributed by atoms with van der Waals surface area (Å²) >= 11 is 1.37. The number of thiazole rings is 1. The molecule has 2 heterocycles. The molecule has 0 fully saturated rings. The summed E-state index contributed by atoms with van der Waals surface area (Å²) < 4.78 is 0.